The Bertz CT molecular complexity index is 545. The Hall–Kier alpha value is -2.11. The average Bonchev–Trinajstić information content (AvgIpc) is 2.86. The maximum Gasteiger partial charge on any atom is 0.237 e. The lowest BCUT2D eigenvalue weighted by molar-refractivity contribution is -0.120. The Morgan fingerprint density at radius 2 is 2.35 bits per heavy atom. The third-order valence-electron chi connectivity index (χ3n) is 3.56. The molecule has 6 heteroatoms. The lowest BCUT2D eigenvalue weighted by Gasteiger charge is -2.23. The number of benzene rings is 1. The number of nitrogens with two attached hydrogens (primary N) is 1. The molecule has 20 heavy (non-hydrogen) atoms. The first kappa shape index (κ1) is 14.3. The Morgan fingerprint density at radius 1 is 1.60 bits per heavy atom. The summed E-state index contributed by atoms with van der Waals surface area (Å²) in [6.45, 7) is 2.42. The fourth-order valence-electron chi connectivity index (χ4n) is 2.53. The van der Waals surface area contributed by atoms with Gasteiger partial charge in [-0.2, -0.15) is 0 Å². The third kappa shape index (κ3) is 2.59. The number of anilines is 1. The quantitative estimate of drug-likeness (QED) is 0.382. The van der Waals surface area contributed by atoms with Crippen LogP contribution < -0.4 is 10.6 Å². The highest BCUT2D eigenvalue weighted by atomic mass is 19.1. The van der Waals surface area contributed by atoms with E-state index in [4.69, 9.17) is 10.9 Å². The van der Waals surface area contributed by atoms with E-state index in [-0.39, 0.29) is 17.6 Å². The zero-order valence-corrected chi connectivity index (χ0v) is 11.3. The van der Waals surface area contributed by atoms with Gasteiger partial charge in [0, 0.05) is 12.2 Å². The second-order valence-electron chi connectivity index (χ2n) is 4.88. The molecule has 1 aromatic carbocycles. The van der Waals surface area contributed by atoms with Gasteiger partial charge in [-0.1, -0.05) is 24.6 Å². The smallest absolute Gasteiger partial charge is 0.237 e. The van der Waals surface area contributed by atoms with Crippen molar-refractivity contribution in [3.8, 4) is 0 Å². The van der Waals surface area contributed by atoms with Crippen molar-refractivity contribution in [3.05, 3.63) is 29.6 Å². The van der Waals surface area contributed by atoms with E-state index in [9.17, 15) is 9.18 Å². The number of rotatable bonds is 4. The molecular weight excluding hydrogens is 261 g/mol. The van der Waals surface area contributed by atoms with Crippen LogP contribution in [0.2, 0.25) is 0 Å². The molecule has 3 N–H and O–H groups in total. The number of fused-ring (bicyclic) bond motifs is 1. The van der Waals surface area contributed by atoms with Gasteiger partial charge in [-0.25, -0.2) is 4.39 Å². The highest BCUT2D eigenvalue weighted by molar-refractivity contribution is 6.09. The van der Waals surface area contributed by atoms with Crippen LogP contribution in [0.4, 0.5) is 10.1 Å². The summed E-state index contributed by atoms with van der Waals surface area (Å²) in [5, 5.41) is 11.7. The molecule has 1 amide bonds. The van der Waals surface area contributed by atoms with Crippen LogP contribution in [0.1, 0.15) is 25.3 Å². The number of hydrogen-bond donors (Lipinski definition) is 2. The Balaban J connectivity index is 2.29. The maximum atomic E-state index is 13.3. The summed E-state index contributed by atoms with van der Waals surface area (Å²) in [6.07, 6.45) is 1.92. The molecular formula is C14H18FN3O2. The molecule has 1 aromatic rings. The second kappa shape index (κ2) is 5.90. The van der Waals surface area contributed by atoms with E-state index < -0.39 is 5.92 Å². The van der Waals surface area contributed by atoms with Crippen molar-refractivity contribution in [1.29, 1.82) is 0 Å². The van der Waals surface area contributed by atoms with Crippen molar-refractivity contribution in [1.82, 2.24) is 0 Å². The minimum Gasteiger partial charge on any atom is -0.409 e. The van der Waals surface area contributed by atoms with E-state index in [2.05, 4.69) is 5.16 Å². The second-order valence-corrected chi connectivity index (χ2v) is 4.88. The summed E-state index contributed by atoms with van der Waals surface area (Å²) in [7, 11) is 0. The minimum atomic E-state index is -0.667. The van der Waals surface area contributed by atoms with E-state index in [1.165, 1.54) is 17.0 Å². The molecule has 2 rings (SSSR count). The monoisotopic (exact) mass is 279 g/mol. The van der Waals surface area contributed by atoms with Crippen molar-refractivity contribution in [2.45, 2.75) is 26.2 Å². The van der Waals surface area contributed by atoms with Crippen molar-refractivity contribution < 1.29 is 14.4 Å². The number of amidine groups is 1. The van der Waals surface area contributed by atoms with Gasteiger partial charge in [0.1, 0.15) is 5.82 Å². The van der Waals surface area contributed by atoms with E-state index in [1.54, 1.807) is 6.07 Å². The number of carbonyl (C=O) groups excluding carboxylic acids is 1. The fraction of sp³-hybridized carbons (Fsp3) is 0.429. The van der Waals surface area contributed by atoms with Gasteiger partial charge in [0.2, 0.25) is 5.91 Å². The van der Waals surface area contributed by atoms with Gasteiger partial charge in [0.15, 0.2) is 5.84 Å². The lowest BCUT2D eigenvalue weighted by Crippen LogP contribution is -2.41. The van der Waals surface area contributed by atoms with Gasteiger partial charge < -0.3 is 15.8 Å². The molecule has 1 heterocycles. The third-order valence-corrected chi connectivity index (χ3v) is 3.56. The predicted molar refractivity (Wildman–Crippen MR) is 74.3 cm³/mol. The summed E-state index contributed by atoms with van der Waals surface area (Å²) in [5.74, 6) is -1.38. The zero-order chi connectivity index (χ0) is 14.7. The van der Waals surface area contributed by atoms with Gasteiger partial charge >= 0.3 is 0 Å². The van der Waals surface area contributed by atoms with Gasteiger partial charge in [0.25, 0.3) is 0 Å². The van der Waals surface area contributed by atoms with Crippen LogP contribution in [0.5, 0.6) is 0 Å². The topological polar surface area (TPSA) is 78.9 Å². The molecule has 0 saturated heterocycles. The van der Waals surface area contributed by atoms with Crippen LogP contribution in [0.25, 0.3) is 0 Å². The standard InChI is InChI=1S/C14H18FN3O2/c1-2-3-11(13(16)17-20)14(19)18-7-6-9-4-5-10(15)8-12(9)18/h4-5,8,11,20H,2-3,6-7H2,1H3,(H2,16,17). The molecule has 0 fully saturated rings. The molecule has 1 aliphatic rings. The van der Waals surface area contributed by atoms with Gasteiger partial charge in [-0.05, 0) is 30.5 Å². The molecule has 0 spiro atoms. The molecule has 0 radical (unpaired) electrons. The van der Waals surface area contributed by atoms with Crippen molar-refractivity contribution in [3.63, 3.8) is 0 Å². The Kier molecular flexibility index (Phi) is 4.22. The Labute approximate surface area is 116 Å². The van der Waals surface area contributed by atoms with E-state index in [0.29, 0.717) is 25.1 Å². The van der Waals surface area contributed by atoms with E-state index in [0.717, 1.165) is 12.0 Å². The maximum absolute atomic E-state index is 13.3. The Morgan fingerprint density at radius 3 is 3.00 bits per heavy atom. The molecule has 0 aliphatic carbocycles. The summed E-state index contributed by atoms with van der Waals surface area (Å²) in [4.78, 5) is 14.1. The lowest BCUT2D eigenvalue weighted by atomic mass is 10.0. The summed E-state index contributed by atoms with van der Waals surface area (Å²) in [6, 6.07) is 4.44. The minimum absolute atomic E-state index is 0.0956. The summed E-state index contributed by atoms with van der Waals surface area (Å²) >= 11 is 0. The van der Waals surface area contributed by atoms with Crippen molar-refractivity contribution >= 4 is 17.4 Å². The fourth-order valence-corrected chi connectivity index (χ4v) is 2.53. The first-order valence-electron chi connectivity index (χ1n) is 6.65. The van der Waals surface area contributed by atoms with E-state index in [1.807, 2.05) is 6.92 Å². The van der Waals surface area contributed by atoms with Crippen LogP contribution in [-0.2, 0) is 11.2 Å². The normalized spacial score (nSPS) is 16.1. The first-order valence-corrected chi connectivity index (χ1v) is 6.65. The molecule has 1 unspecified atom stereocenters. The number of carbonyl (C=O) groups is 1. The zero-order valence-electron chi connectivity index (χ0n) is 11.3. The summed E-state index contributed by atoms with van der Waals surface area (Å²) in [5.41, 5.74) is 7.12. The van der Waals surface area contributed by atoms with Crippen LogP contribution in [0, 0.1) is 11.7 Å². The number of nitrogens with zero attached hydrogens (tertiary/aromatic N) is 2. The molecule has 0 aromatic heterocycles. The highest BCUT2D eigenvalue weighted by Crippen LogP contribution is 2.30. The van der Waals surface area contributed by atoms with Crippen LogP contribution in [0.15, 0.2) is 23.4 Å². The van der Waals surface area contributed by atoms with Crippen molar-refractivity contribution in [2.75, 3.05) is 11.4 Å². The molecule has 0 saturated carbocycles. The van der Waals surface area contributed by atoms with Gasteiger partial charge in [-0.3, -0.25) is 4.79 Å². The number of halogens is 1. The van der Waals surface area contributed by atoms with E-state index >= 15 is 0 Å². The number of hydrogen-bond acceptors (Lipinski definition) is 3. The number of amides is 1. The molecule has 1 atom stereocenters. The molecule has 1 aliphatic heterocycles. The largest absolute Gasteiger partial charge is 0.409 e. The molecule has 108 valence electrons. The first-order chi connectivity index (χ1) is 9.58. The SMILES string of the molecule is CCCC(C(=O)N1CCc2ccc(F)cc21)/C(N)=N/O. The van der Waals surface area contributed by atoms with Gasteiger partial charge in [-0.15, -0.1) is 0 Å². The number of oxime groups is 1. The highest BCUT2D eigenvalue weighted by Gasteiger charge is 2.32. The average molecular weight is 279 g/mol. The van der Waals surface area contributed by atoms with Crippen molar-refractivity contribution in [2.24, 2.45) is 16.8 Å². The molecule has 0 bridgehead atoms. The van der Waals surface area contributed by atoms with Crippen LogP contribution in [0.3, 0.4) is 0 Å². The van der Waals surface area contributed by atoms with Gasteiger partial charge in [0.05, 0.1) is 5.92 Å². The predicted octanol–water partition coefficient (Wildman–Crippen LogP) is 1.88. The van der Waals surface area contributed by atoms with Crippen LogP contribution >= 0.6 is 0 Å². The molecule has 5 nitrogen and oxygen atoms in total. The van der Waals surface area contributed by atoms with Crippen LogP contribution in [-0.4, -0.2) is 23.5 Å². The summed E-state index contributed by atoms with van der Waals surface area (Å²) < 4.78 is 13.3.